The zero-order valence-electron chi connectivity index (χ0n) is 9.33. The van der Waals surface area contributed by atoms with Gasteiger partial charge >= 0.3 is 0 Å². The molecule has 0 bridgehead atoms. The Morgan fingerprint density at radius 3 is 2.60 bits per heavy atom. The Labute approximate surface area is 88.7 Å². The van der Waals surface area contributed by atoms with E-state index in [2.05, 4.69) is 10.4 Å². The predicted octanol–water partition coefficient (Wildman–Crippen LogP) is 0.679. The van der Waals surface area contributed by atoms with Crippen LogP contribution in [0.3, 0.4) is 0 Å². The van der Waals surface area contributed by atoms with Crippen LogP contribution in [0.25, 0.3) is 0 Å². The Kier molecular flexibility index (Phi) is 3.10. The van der Waals surface area contributed by atoms with Crippen LogP contribution in [0.2, 0.25) is 0 Å². The number of aryl methyl sites for hydroxylation is 2. The van der Waals surface area contributed by atoms with E-state index in [1.165, 1.54) is 0 Å². The lowest BCUT2D eigenvalue weighted by atomic mass is 10.2. The van der Waals surface area contributed by atoms with E-state index >= 15 is 0 Å². The van der Waals surface area contributed by atoms with Gasteiger partial charge < -0.3 is 5.32 Å². The van der Waals surface area contributed by atoms with Crippen LogP contribution in [-0.2, 0) is 7.05 Å². The molecule has 5 nitrogen and oxygen atoms in total. The van der Waals surface area contributed by atoms with E-state index < -0.39 is 6.04 Å². The molecule has 0 aromatic carbocycles. The van der Waals surface area contributed by atoms with E-state index in [9.17, 15) is 4.79 Å². The van der Waals surface area contributed by atoms with Gasteiger partial charge in [0.05, 0.1) is 17.3 Å². The standard InChI is InChI=1S/C10H14N4O/c1-6(5-11)12-10(15)9-7(2)13-14(4)8(9)3/h6H,1-4H3,(H,12,15). The average molecular weight is 206 g/mol. The van der Waals surface area contributed by atoms with Crippen LogP contribution >= 0.6 is 0 Å². The lowest BCUT2D eigenvalue weighted by Gasteiger charge is -2.06. The Morgan fingerprint density at radius 1 is 1.60 bits per heavy atom. The summed E-state index contributed by atoms with van der Waals surface area (Å²) in [6, 6.07) is 1.46. The van der Waals surface area contributed by atoms with Gasteiger partial charge in [-0.3, -0.25) is 9.48 Å². The van der Waals surface area contributed by atoms with E-state index in [1.54, 1.807) is 25.6 Å². The number of nitrogens with one attached hydrogen (secondary N) is 1. The molecule has 1 heterocycles. The molecule has 1 N–H and O–H groups in total. The molecular formula is C10H14N4O. The molecule has 0 radical (unpaired) electrons. The van der Waals surface area contributed by atoms with Crippen molar-refractivity contribution >= 4 is 5.91 Å². The molecule has 1 rings (SSSR count). The number of aromatic nitrogens is 2. The summed E-state index contributed by atoms with van der Waals surface area (Å²) in [5.74, 6) is -0.243. The smallest absolute Gasteiger partial charge is 0.256 e. The fraction of sp³-hybridized carbons (Fsp3) is 0.500. The van der Waals surface area contributed by atoms with Crippen LogP contribution in [-0.4, -0.2) is 21.7 Å². The van der Waals surface area contributed by atoms with Crippen molar-refractivity contribution in [1.29, 1.82) is 5.26 Å². The van der Waals surface area contributed by atoms with Gasteiger partial charge in [0.1, 0.15) is 6.04 Å². The Morgan fingerprint density at radius 2 is 2.20 bits per heavy atom. The van der Waals surface area contributed by atoms with Gasteiger partial charge in [0.25, 0.3) is 5.91 Å². The SMILES string of the molecule is Cc1nn(C)c(C)c1C(=O)NC(C)C#N. The minimum Gasteiger partial charge on any atom is -0.336 e. The largest absolute Gasteiger partial charge is 0.336 e. The number of carbonyl (C=O) groups is 1. The van der Waals surface area contributed by atoms with Gasteiger partial charge in [-0.1, -0.05) is 0 Å². The van der Waals surface area contributed by atoms with Crippen LogP contribution in [0.1, 0.15) is 28.7 Å². The Hall–Kier alpha value is -1.83. The first kappa shape index (κ1) is 11.2. The van der Waals surface area contributed by atoms with Crippen LogP contribution in [0.4, 0.5) is 0 Å². The molecule has 1 amide bonds. The number of rotatable bonds is 2. The van der Waals surface area contributed by atoms with Crippen molar-refractivity contribution in [1.82, 2.24) is 15.1 Å². The normalized spacial score (nSPS) is 11.9. The maximum Gasteiger partial charge on any atom is 0.256 e. The summed E-state index contributed by atoms with van der Waals surface area (Å²) < 4.78 is 1.65. The van der Waals surface area contributed by atoms with Gasteiger partial charge in [-0.25, -0.2) is 0 Å². The summed E-state index contributed by atoms with van der Waals surface area (Å²) in [6.45, 7) is 5.24. The summed E-state index contributed by atoms with van der Waals surface area (Å²) in [4.78, 5) is 11.8. The average Bonchev–Trinajstić information content (AvgIpc) is 2.41. The fourth-order valence-electron chi connectivity index (χ4n) is 1.40. The number of nitriles is 1. The molecule has 0 spiro atoms. The van der Waals surface area contributed by atoms with Gasteiger partial charge in [-0.15, -0.1) is 0 Å². The molecule has 0 aliphatic heterocycles. The third-order valence-corrected chi connectivity index (χ3v) is 2.28. The first-order valence-electron chi connectivity index (χ1n) is 4.68. The van der Waals surface area contributed by atoms with Crippen molar-refractivity contribution in [3.05, 3.63) is 17.0 Å². The molecule has 0 aliphatic carbocycles. The van der Waals surface area contributed by atoms with E-state index in [-0.39, 0.29) is 5.91 Å². The Balaban J connectivity index is 2.97. The van der Waals surface area contributed by atoms with Crippen LogP contribution in [0, 0.1) is 25.2 Å². The lowest BCUT2D eigenvalue weighted by Crippen LogP contribution is -2.32. The molecule has 5 heteroatoms. The predicted molar refractivity (Wildman–Crippen MR) is 55.2 cm³/mol. The summed E-state index contributed by atoms with van der Waals surface area (Å²) in [5.41, 5.74) is 2.03. The highest BCUT2D eigenvalue weighted by Gasteiger charge is 2.18. The van der Waals surface area contributed by atoms with Crippen molar-refractivity contribution in [3.63, 3.8) is 0 Å². The van der Waals surface area contributed by atoms with Gasteiger partial charge in [-0.05, 0) is 20.8 Å². The number of nitrogens with zero attached hydrogens (tertiary/aromatic N) is 3. The van der Waals surface area contributed by atoms with Crippen molar-refractivity contribution < 1.29 is 4.79 Å². The lowest BCUT2D eigenvalue weighted by molar-refractivity contribution is 0.0946. The first-order chi connectivity index (χ1) is 6.97. The number of amides is 1. The highest BCUT2D eigenvalue weighted by molar-refractivity contribution is 5.96. The molecule has 15 heavy (non-hydrogen) atoms. The number of hydrogen-bond donors (Lipinski definition) is 1. The summed E-state index contributed by atoms with van der Waals surface area (Å²) >= 11 is 0. The van der Waals surface area contributed by atoms with Gasteiger partial charge in [0.15, 0.2) is 0 Å². The molecule has 1 aromatic rings. The second-order valence-corrected chi connectivity index (χ2v) is 3.49. The van der Waals surface area contributed by atoms with Crippen LogP contribution in [0.5, 0.6) is 0 Å². The van der Waals surface area contributed by atoms with Gasteiger partial charge in [0, 0.05) is 12.7 Å². The maximum absolute atomic E-state index is 11.8. The van der Waals surface area contributed by atoms with Gasteiger partial charge in [0.2, 0.25) is 0 Å². The second kappa shape index (κ2) is 4.13. The van der Waals surface area contributed by atoms with E-state index in [4.69, 9.17) is 5.26 Å². The summed E-state index contributed by atoms with van der Waals surface area (Å²) in [7, 11) is 1.78. The van der Waals surface area contributed by atoms with Crippen molar-refractivity contribution in [3.8, 4) is 6.07 Å². The van der Waals surface area contributed by atoms with Crippen molar-refractivity contribution in [2.45, 2.75) is 26.8 Å². The van der Waals surface area contributed by atoms with Crippen LogP contribution < -0.4 is 5.32 Å². The zero-order chi connectivity index (χ0) is 11.6. The van der Waals surface area contributed by atoms with E-state index in [0.29, 0.717) is 11.3 Å². The number of carbonyl (C=O) groups excluding carboxylic acids is 1. The second-order valence-electron chi connectivity index (χ2n) is 3.49. The minimum absolute atomic E-state index is 0.243. The first-order valence-corrected chi connectivity index (χ1v) is 4.68. The molecule has 1 aromatic heterocycles. The van der Waals surface area contributed by atoms with Crippen molar-refractivity contribution in [2.24, 2.45) is 7.05 Å². The monoisotopic (exact) mass is 206 g/mol. The molecule has 0 fully saturated rings. The van der Waals surface area contributed by atoms with Crippen LogP contribution in [0.15, 0.2) is 0 Å². The Bertz CT molecular complexity index is 427. The highest BCUT2D eigenvalue weighted by atomic mass is 16.1. The molecule has 0 saturated carbocycles. The quantitative estimate of drug-likeness (QED) is 0.773. The molecule has 80 valence electrons. The molecular weight excluding hydrogens is 192 g/mol. The highest BCUT2D eigenvalue weighted by Crippen LogP contribution is 2.11. The molecule has 0 aliphatic rings. The topological polar surface area (TPSA) is 70.7 Å². The van der Waals surface area contributed by atoms with E-state index in [0.717, 1.165) is 5.69 Å². The molecule has 1 atom stereocenters. The summed E-state index contributed by atoms with van der Waals surface area (Å²) in [5, 5.41) is 15.3. The fourth-order valence-corrected chi connectivity index (χ4v) is 1.40. The number of hydrogen-bond acceptors (Lipinski definition) is 3. The zero-order valence-corrected chi connectivity index (χ0v) is 9.33. The summed E-state index contributed by atoms with van der Waals surface area (Å²) in [6.07, 6.45) is 0. The van der Waals surface area contributed by atoms with Crippen molar-refractivity contribution in [2.75, 3.05) is 0 Å². The van der Waals surface area contributed by atoms with E-state index in [1.807, 2.05) is 13.0 Å². The molecule has 1 unspecified atom stereocenters. The third kappa shape index (κ3) is 2.15. The maximum atomic E-state index is 11.8. The third-order valence-electron chi connectivity index (χ3n) is 2.28. The van der Waals surface area contributed by atoms with Gasteiger partial charge in [-0.2, -0.15) is 10.4 Å². The minimum atomic E-state index is -0.489. The molecule has 0 saturated heterocycles.